The van der Waals surface area contributed by atoms with Crippen LogP contribution in [0.2, 0.25) is 0 Å². The standard InChI is InChI=1S/C11H15S/c1-10(12)6-5-9-11-7-3-2-4-8-11/h2-4,7-8,10H,5-6,9H2,1H3. The largest absolute Gasteiger partial charge is 0.0907 e. The molecule has 0 heterocycles. The molecule has 1 rings (SSSR count). The smallest absolute Gasteiger partial charge is 0.0123 e. The van der Waals surface area contributed by atoms with Crippen LogP contribution < -0.4 is 0 Å². The van der Waals surface area contributed by atoms with Gasteiger partial charge in [0.25, 0.3) is 0 Å². The van der Waals surface area contributed by atoms with Gasteiger partial charge in [-0.25, -0.2) is 0 Å². The van der Waals surface area contributed by atoms with Crippen LogP contribution in [0, 0.1) is 0 Å². The highest BCUT2D eigenvalue weighted by atomic mass is 32.1. The molecule has 1 aromatic carbocycles. The lowest BCUT2D eigenvalue weighted by molar-refractivity contribution is 0.732. The van der Waals surface area contributed by atoms with Crippen LogP contribution in [0.3, 0.4) is 0 Å². The molecule has 0 aromatic heterocycles. The molecule has 1 radical (unpaired) electrons. The minimum Gasteiger partial charge on any atom is -0.0907 e. The summed E-state index contributed by atoms with van der Waals surface area (Å²) in [6.07, 6.45) is 3.54. The van der Waals surface area contributed by atoms with Crippen LogP contribution in [-0.2, 0) is 6.42 Å². The van der Waals surface area contributed by atoms with E-state index in [0.717, 1.165) is 6.42 Å². The molecule has 1 aromatic rings. The topological polar surface area (TPSA) is 0 Å². The van der Waals surface area contributed by atoms with E-state index in [1.54, 1.807) is 0 Å². The molecule has 0 aliphatic rings. The van der Waals surface area contributed by atoms with Gasteiger partial charge in [-0.1, -0.05) is 49.9 Å². The summed E-state index contributed by atoms with van der Waals surface area (Å²) in [5, 5.41) is 0.425. The van der Waals surface area contributed by atoms with Gasteiger partial charge in [0, 0.05) is 5.25 Å². The molecule has 1 unspecified atom stereocenters. The van der Waals surface area contributed by atoms with Crippen molar-refractivity contribution in [2.24, 2.45) is 0 Å². The zero-order valence-electron chi connectivity index (χ0n) is 7.49. The van der Waals surface area contributed by atoms with Crippen LogP contribution in [0.25, 0.3) is 0 Å². The van der Waals surface area contributed by atoms with Crippen LogP contribution in [-0.4, -0.2) is 5.25 Å². The number of benzene rings is 1. The van der Waals surface area contributed by atoms with Crippen LogP contribution in [0.4, 0.5) is 0 Å². The monoisotopic (exact) mass is 179 g/mol. The molecule has 0 amide bonds. The van der Waals surface area contributed by atoms with Crippen LogP contribution in [0.5, 0.6) is 0 Å². The molecular formula is C11H15S. The molecule has 0 spiro atoms. The van der Waals surface area contributed by atoms with Gasteiger partial charge in [-0.2, -0.15) is 0 Å². The molecule has 65 valence electrons. The van der Waals surface area contributed by atoms with Gasteiger partial charge >= 0.3 is 0 Å². The molecule has 0 bridgehead atoms. The number of hydrogen-bond donors (Lipinski definition) is 0. The van der Waals surface area contributed by atoms with Crippen molar-refractivity contribution in [3.05, 3.63) is 35.9 Å². The Morgan fingerprint density at radius 1 is 1.25 bits per heavy atom. The Kier molecular flexibility index (Phi) is 4.23. The quantitative estimate of drug-likeness (QED) is 0.662. The van der Waals surface area contributed by atoms with E-state index in [2.05, 4.69) is 37.3 Å². The van der Waals surface area contributed by atoms with E-state index in [4.69, 9.17) is 12.6 Å². The van der Waals surface area contributed by atoms with Crippen LogP contribution >= 0.6 is 12.6 Å². The van der Waals surface area contributed by atoms with E-state index < -0.39 is 0 Å². The Labute approximate surface area is 80.4 Å². The summed E-state index contributed by atoms with van der Waals surface area (Å²) < 4.78 is 0. The van der Waals surface area contributed by atoms with Crippen molar-refractivity contribution in [2.45, 2.75) is 31.4 Å². The third-order valence-electron chi connectivity index (χ3n) is 1.92. The number of hydrogen-bond acceptors (Lipinski definition) is 0. The first-order valence-electron chi connectivity index (χ1n) is 4.49. The summed E-state index contributed by atoms with van der Waals surface area (Å²) in [6, 6.07) is 10.6. The van der Waals surface area contributed by atoms with Crippen molar-refractivity contribution < 1.29 is 0 Å². The Balaban J connectivity index is 2.25. The Bertz CT molecular complexity index is 204. The van der Waals surface area contributed by atoms with Gasteiger partial charge in [0.05, 0.1) is 0 Å². The zero-order chi connectivity index (χ0) is 8.81. The average molecular weight is 179 g/mol. The fraction of sp³-hybridized carbons (Fsp3) is 0.455. The first-order chi connectivity index (χ1) is 5.79. The fourth-order valence-corrected chi connectivity index (χ4v) is 1.40. The second kappa shape index (κ2) is 5.26. The average Bonchev–Trinajstić information content (AvgIpc) is 2.05. The minimum absolute atomic E-state index is 0.425. The van der Waals surface area contributed by atoms with Crippen molar-refractivity contribution in [1.82, 2.24) is 0 Å². The first kappa shape index (κ1) is 9.66. The van der Waals surface area contributed by atoms with Gasteiger partial charge in [0.15, 0.2) is 0 Å². The molecular weight excluding hydrogens is 164 g/mol. The summed E-state index contributed by atoms with van der Waals surface area (Å²) in [7, 11) is 0. The van der Waals surface area contributed by atoms with Crippen molar-refractivity contribution >= 4 is 12.6 Å². The molecule has 12 heavy (non-hydrogen) atoms. The molecule has 0 saturated carbocycles. The highest BCUT2D eigenvalue weighted by Gasteiger charge is 1.96. The summed E-state index contributed by atoms with van der Waals surface area (Å²) in [4.78, 5) is 0. The molecule has 1 heteroatoms. The molecule has 1 atom stereocenters. The number of aryl methyl sites for hydroxylation is 1. The third-order valence-corrected chi connectivity index (χ3v) is 2.15. The lowest BCUT2D eigenvalue weighted by Crippen LogP contribution is -1.92. The van der Waals surface area contributed by atoms with Crippen molar-refractivity contribution in [3.8, 4) is 0 Å². The highest BCUT2D eigenvalue weighted by Crippen LogP contribution is 2.08. The van der Waals surface area contributed by atoms with E-state index in [9.17, 15) is 0 Å². The normalized spacial score (nSPS) is 12.8. The van der Waals surface area contributed by atoms with Gasteiger partial charge in [0.2, 0.25) is 0 Å². The van der Waals surface area contributed by atoms with E-state index >= 15 is 0 Å². The van der Waals surface area contributed by atoms with Crippen molar-refractivity contribution in [3.63, 3.8) is 0 Å². The van der Waals surface area contributed by atoms with Gasteiger partial charge in [0.1, 0.15) is 0 Å². The maximum atomic E-state index is 5.09. The van der Waals surface area contributed by atoms with Gasteiger partial charge in [-0.15, -0.1) is 0 Å². The SMILES string of the molecule is CC([S])CCCc1ccccc1. The highest BCUT2D eigenvalue weighted by molar-refractivity contribution is 7.80. The van der Waals surface area contributed by atoms with Crippen molar-refractivity contribution in [1.29, 1.82) is 0 Å². The second-order valence-electron chi connectivity index (χ2n) is 3.19. The van der Waals surface area contributed by atoms with Crippen LogP contribution in [0.1, 0.15) is 25.3 Å². The summed E-state index contributed by atoms with van der Waals surface area (Å²) >= 11 is 5.09. The van der Waals surface area contributed by atoms with E-state index in [-0.39, 0.29) is 0 Å². The lowest BCUT2D eigenvalue weighted by Gasteiger charge is -2.02. The summed E-state index contributed by atoms with van der Waals surface area (Å²) in [5.74, 6) is 0. The maximum Gasteiger partial charge on any atom is 0.0123 e. The second-order valence-corrected chi connectivity index (χ2v) is 3.99. The Hall–Kier alpha value is -0.430. The Morgan fingerprint density at radius 3 is 2.50 bits per heavy atom. The molecule has 0 saturated heterocycles. The van der Waals surface area contributed by atoms with E-state index in [1.807, 2.05) is 0 Å². The van der Waals surface area contributed by atoms with Gasteiger partial charge < -0.3 is 0 Å². The maximum absolute atomic E-state index is 5.09. The molecule has 0 N–H and O–H groups in total. The zero-order valence-corrected chi connectivity index (χ0v) is 8.31. The third kappa shape index (κ3) is 3.82. The molecule has 0 aliphatic carbocycles. The summed E-state index contributed by atoms with van der Waals surface area (Å²) in [5.41, 5.74) is 1.42. The molecule has 0 fully saturated rings. The van der Waals surface area contributed by atoms with Crippen molar-refractivity contribution in [2.75, 3.05) is 0 Å². The Morgan fingerprint density at radius 2 is 1.92 bits per heavy atom. The van der Waals surface area contributed by atoms with Gasteiger partial charge in [-0.05, 0) is 24.8 Å². The van der Waals surface area contributed by atoms with Crippen LogP contribution in [0.15, 0.2) is 30.3 Å². The lowest BCUT2D eigenvalue weighted by atomic mass is 10.1. The minimum atomic E-state index is 0.425. The first-order valence-corrected chi connectivity index (χ1v) is 4.96. The molecule has 0 aliphatic heterocycles. The number of rotatable bonds is 4. The molecule has 0 nitrogen and oxygen atoms in total. The van der Waals surface area contributed by atoms with E-state index in [0.29, 0.717) is 5.25 Å². The summed E-state index contributed by atoms with van der Waals surface area (Å²) in [6.45, 7) is 2.10. The van der Waals surface area contributed by atoms with Gasteiger partial charge in [-0.3, -0.25) is 0 Å². The predicted molar refractivity (Wildman–Crippen MR) is 56.4 cm³/mol. The fourth-order valence-electron chi connectivity index (χ4n) is 1.24. The predicted octanol–water partition coefficient (Wildman–Crippen LogP) is 3.60. The van der Waals surface area contributed by atoms with E-state index in [1.165, 1.54) is 18.4 Å².